The molecule has 1 aliphatic heterocycles. The lowest BCUT2D eigenvalue weighted by atomic mass is 10.2. The Bertz CT molecular complexity index is 758. The minimum Gasteiger partial charge on any atom is -0.300 e. The molecule has 128 valence electrons. The molecule has 0 spiro atoms. The molecule has 1 fully saturated rings. The van der Waals surface area contributed by atoms with Gasteiger partial charge in [0.1, 0.15) is 5.82 Å². The normalized spacial score (nSPS) is 17.0. The summed E-state index contributed by atoms with van der Waals surface area (Å²) in [5, 5.41) is 0. The summed E-state index contributed by atoms with van der Waals surface area (Å²) in [6.07, 6.45) is 2.63. The minimum absolute atomic E-state index is 0.144. The fourth-order valence-electron chi connectivity index (χ4n) is 2.77. The zero-order valence-corrected chi connectivity index (χ0v) is 14.1. The zero-order valence-electron chi connectivity index (χ0n) is 13.3. The summed E-state index contributed by atoms with van der Waals surface area (Å²) < 4.78 is 39.6. The van der Waals surface area contributed by atoms with Gasteiger partial charge in [0.05, 0.1) is 4.90 Å². The predicted molar refractivity (Wildman–Crippen MR) is 89.5 cm³/mol. The van der Waals surface area contributed by atoms with Gasteiger partial charge in [0.15, 0.2) is 0 Å². The first-order valence-electron chi connectivity index (χ1n) is 7.94. The molecule has 0 unspecified atom stereocenters. The maximum Gasteiger partial charge on any atom is 0.243 e. The molecule has 2 heterocycles. The van der Waals surface area contributed by atoms with Gasteiger partial charge in [0.25, 0.3) is 0 Å². The SMILES string of the molecule is O=S(=O)(c1ccc(F)cc1)N1CCN(CCc2ccccn2)CC1. The number of nitrogens with zero attached hydrogens (tertiary/aromatic N) is 3. The minimum atomic E-state index is -3.54. The van der Waals surface area contributed by atoms with E-state index >= 15 is 0 Å². The highest BCUT2D eigenvalue weighted by Gasteiger charge is 2.28. The molecule has 5 nitrogen and oxygen atoms in total. The molecule has 1 aliphatic rings. The number of sulfonamides is 1. The van der Waals surface area contributed by atoms with E-state index in [1.807, 2.05) is 18.2 Å². The Morgan fingerprint density at radius 2 is 1.71 bits per heavy atom. The Labute approximate surface area is 141 Å². The lowest BCUT2D eigenvalue weighted by molar-refractivity contribution is 0.190. The van der Waals surface area contributed by atoms with Gasteiger partial charge in [0, 0.05) is 51.0 Å². The van der Waals surface area contributed by atoms with E-state index in [0.29, 0.717) is 26.2 Å². The van der Waals surface area contributed by atoms with Crippen LogP contribution in [0.4, 0.5) is 4.39 Å². The van der Waals surface area contributed by atoms with Crippen molar-refractivity contribution in [2.75, 3.05) is 32.7 Å². The molecule has 0 radical (unpaired) electrons. The van der Waals surface area contributed by atoms with Crippen molar-refractivity contribution in [3.05, 3.63) is 60.2 Å². The Morgan fingerprint density at radius 1 is 1.00 bits per heavy atom. The quantitative estimate of drug-likeness (QED) is 0.826. The molecule has 0 saturated carbocycles. The average Bonchev–Trinajstić information content (AvgIpc) is 2.61. The van der Waals surface area contributed by atoms with Crippen LogP contribution in [0.25, 0.3) is 0 Å². The summed E-state index contributed by atoms with van der Waals surface area (Å²) in [6, 6.07) is 10.8. The van der Waals surface area contributed by atoms with Crippen molar-refractivity contribution in [1.82, 2.24) is 14.2 Å². The smallest absolute Gasteiger partial charge is 0.243 e. The number of hydrogen-bond acceptors (Lipinski definition) is 4. The predicted octanol–water partition coefficient (Wildman–Crippen LogP) is 1.77. The third-order valence-electron chi connectivity index (χ3n) is 4.19. The maximum atomic E-state index is 13.0. The van der Waals surface area contributed by atoms with Gasteiger partial charge in [-0.3, -0.25) is 4.98 Å². The number of piperazine rings is 1. The molecule has 1 saturated heterocycles. The van der Waals surface area contributed by atoms with Gasteiger partial charge < -0.3 is 4.90 Å². The first kappa shape index (κ1) is 17.0. The number of hydrogen-bond donors (Lipinski definition) is 0. The second-order valence-electron chi connectivity index (χ2n) is 5.77. The van der Waals surface area contributed by atoms with Crippen molar-refractivity contribution >= 4 is 10.0 Å². The summed E-state index contributed by atoms with van der Waals surface area (Å²) in [5.41, 5.74) is 1.04. The van der Waals surface area contributed by atoms with Gasteiger partial charge in [0.2, 0.25) is 10.0 Å². The van der Waals surface area contributed by atoms with Crippen molar-refractivity contribution in [2.45, 2.75) is 11.3 Å². The number of halogens is 1. The average molecular weight is 349 g/mol. The maximum absolute atomic E-state index is 13.0. The van der Waals surface area contributed by atoms with Gasteiger partial charge >= 0.3 is 0 Å². The van der Waals surface area contributed by atoms with E-state index in [4.69, 9.17) is 0 Å². The Hall–Kier alpha value is -1.83. The van der Waals surface area contributed by atoms with Gasteiger partial charge in [-0.15, -0.1) is 0 Å². The number of pyridine rings is 1. The highest BCUT2D eigenvalue weighted by Crippen LogP contribution is 2.18. The van der Waals surface area contributed by atoms with Gasteiger partial charge in [-0.25, -0.2) is 12.8 Å². The van der Waals surface area contributed by atoms with Crippen LogP contribution < -0.4 is 0 Å². The van der Waals surface area contributed by atoms with Crippen LogP contribution >= 0.6 is 0 Å². The van der Waals surface area contributed by atoms with Crippen molar-refractivity contribution in [3.63, 3.8) is 0 Å². The van der Waals surface area contributed by atoms with E-state index in [1.165, 1.54) is 28.6 Å². The monoisotopic (exact) mass is 349 g/mol. The second kappa shape index (κ2) is 7.38. The van der Waals surface area contributed by atoms with Crippen molar-refractivity contribution in [2.24, 2.45) is 0 Å². The van der Waals surface area contributed by atoms with Crippen molar-refractivity contribution in [3.8, 4) is 0 Å². The highest BCUT2D eigenvalue weighted by molar-refractivity contribution is 7.89. The van der Waals surface area contributed by atoms with E-state index < -0.39 is 15.8 Å². The topological polar surface area (TPSA) is 53.5 Å². The van der Waals surface area contributed by atoms with Crippen LogP contribution in [0.5, 0.6) is 0 Å². The summed E-state index contributed by atoms with van der Waals surface area (Å²) in [4.78, 5) is 6.69. The highest BCUT2D eigenvalue weighted by atomic mass is 32.2. The summed E-state index contributed by atoms with van der Waals surface area (Å²) >= 11 is 0. The molecule has 0 N–H and O–H groups in total. The van der Waals surface area contributed by atoms with E-state index in [0.717, 1.165) is 18.7 Å². The first-order chi connectivity index (χ1) is 11.6. The van der Waals surface area contributed by atoms with E-state index in [9.17, 15) is 12.8 Å². The van der Waals surface area contributed by atoms with Crippen molar-refractivity contribution in [1.29, 1.82) is 0 Å². The number of benzene rings is 1. The molecular formula is C17H20FN3O2S. The molecular weight excluding hydrogens is 329 g/mol. The molecule has 24 heavy (non-hydrogen) atoms. The van der Waals surface area contributed by atoms with Crippen LogP contribution in [-0.2, 0) is 16.4 Å². The number of aromatic nitrogens is 1. The van der Waals surface area contributed by atoms with Crippen LogP contribution in [0.3, 0.4) is 0 Å². The fourth-order valence-corrected chi connectivity index (χ4v) is 4.19. The third kappa shape index (κ3) is 3.98. The molecule has 1 aromatic heterocycles. The molecule has 3 rings (SSSR count). The molecule has 7 heteroatoms. The van der Waals surface area contributed by atoms with E-state index in [2.05, 4.69) is 9.88 Å². The summed E-state index contributed by atoms with van der Waals surface area (Å²) in [5.74, 6) is -0.437. The van der Waals surface area contributed by atoms with Gasteiger partial charge in [-0.05, 0) is 36.4 Å². The van der Waals surface area contributed by atoms with Gasteiger partial charge in [-0.2, -0.15) is 4.31 Å². The fraction of sp³-hybridized carbons (Fsp3) is 0.353. The Kier molecular flexibility index (Phi) is 5.23. The van der Waals surface area contributed by atoms with E-state index in [1.54, 1.807) is 6.20 Å². The summed E-state index contributed by atoms with van der Waals surface area (Å²) in [6.45, 7) is 3.13. The molecule has 0 bridgehead atoms. The molecule has 0 atom stereocenters. The lowest BCUT2D eigenvalue weighted by Gasteiger charge is -2.33. The Morgan fingerprint density at radius 3 is 2.33 bits per heavy atom. The number of rotatable bonds is 5. The van der Waals surface area contributed by atoms with Crippen LogP contribution in [0.2, 0.25) is 0 Å². The van der Waals surface area contributed by atoms with Gasteiger partial charge in [-0.1, -0.05) is 6.07 Å². The summed E-state index contributed by atoms with van der Waals surface area (Å²) in [7, 11) is -3.54. The van der Waals surface area contributed by atoms with E-state index in [-0.39, 0.29) is 4.90 Å². The van der Waals surface area contributed by atoms with Crippen LogP contribution in [0.1, 0.15) is 5.69 Å². The second-order valence-corrected chi connectivity index (χ2v) is 7.71. The van der Waals surface area contributed by atoms with Crippen LogP contribution in [0.15, 0.2) is 53.6 Å². The van der Waals surface area contributed by atoms with Crippen molar-refractivity contribution < 1.29 is 12.8 Å². The largest absolute Gasteiger partial charge is 0.300 e. The Balaban J connectivity index is 1.55. The molecule has 1 aromatic carbocycles. The first-order valence-corrected chi connectivity index (χ1v) is 9.38. The molecule has 0 amide bonds. The van der Waals surface area contributed by atoms with Crippen LogP contribution in [-0.4, -0.2) is 55.3 Å². The molecule has 0 aliphatic carbocycles. The van der Waals surface area contributed by atoms with Crippen LogP contribution in [0, 0.1) is 5.82 Å². The molecule has 2 aromatic rings. The zero-order chi connectivity index (χ0) is 17.0. The standard InChI is InChI=1S/C17H20FN3O2S/c18-15-4-6-17(7-5-15)24(22,23)21-13-11-20(12-14-21)10-8-16-3-1-2-9-19-16/h1-7,9H,8,10-14H2. The lowest BCUT2D eigenvalue weighted by Crippen LogP contribution is -2.49. The third-order valence-corrected chi connectivity index (χ3v) is 6.11.